The molecule has 0 N–H and O–H groups in total. The molecule has 0 aliphatic carbocycles. The number of carbonyl (C=O) groups is 1. The fourth-order valence-electron chi connectivity index (χ4n) is 4.77. The Bertz CT molecular complexity index is 956. The van der Waals surface area contributed by atoms with E-state index in [2.05, 4.69) is 4.90 Å². The van der Waals surface area contributed by atoms with Gasteiger partial charge in [-0.15, -0.1) is 0 Å². The number of carbonyl (C=O) groups excluding carboxylic acids is 1. The van der Waals surface area contributed by atoms with Crippen molar-refractivity contribution >= 4 is 11.6 Å². The summed E-state index contributed by atoms with van der Waals surface area (Å²) >= 11 is 0. The van der Waals surface area contributed by atoms with E-state index in [9.17, 15) is 31.1 Å². The van der Waals surface area contributed by atoms with E-state index in [1.165, 1.54) is 4.90 Å². The van der Waals surface area contributed by atoms with E-state index in [-0.39, 0.29) is 11.5 Å². The number of likely N-dealkylation sites (tertiary alicyclic amines) is 1. The molecule has 0 aromatic heterocycles. The summed E-state index contributed by atoms with van der Waals surface area (Å²) in [7, 11) is 0. The van der Waals surface area contributed by atoms with Gasteiger partial charge in [-0.2, -0.15) is 26.3 Å². The number of hydrogen-bond donors (Lipinski definition) is 0. The van der Waals surface area contributed by atoms with Crippen molar-refractivity contribution in [1.29, 1.82) is 0 Å². The van der Waals surface area contributed by atoms with E-state index in [1.54, 1.807) is 0 Å². The number of para-hydroxylation sites is 1. The van der Waals surface area contributed by atoms with Crippen LogP contribution in [0, 0.1) is 5.41 Å². The number of hydrogen-bond acceptors (Lipinski definition) is 2. The Morgan fingerprint density at radius 2 is 1.44 bits per heavy atom. The van der Waals surface area contributed by atoms with Crippen molar-refractivity contribution in [2.75, 3.05) is 31.1 Å². The van der Waals surface area contributed by atoms with Crippen molar-refractivity contribution in [3.63, 3.8) is 0 Å². The molecule has 2 heterocycles. The van der Waals surface area contributed by atoms with Crippen molar-refractivity contribution in [2.45, 2.75) is 31.6 Å². The van der Waals surface area contributed by atoms with Crippen LogP contribution >= 0.6 is 0 Å². The lowest BCUT2D eigenvalue weighted by Gasteiger charge is -2.40. The zero-order valence-corrected chi connectivity index (χ0v) is 17.1. The normalized spacial score (nSPS) is 21.9. The van der Waals surface area contributed by atoms with E-state index in [0.29, 0.717) is 38.2 Å². The van der Waals surface area contributed by atoms with Gasteiger partial charge in [0.15, 0.2) is 0 Å². The minimum absolute atomic E-state index is 0.0448. The first kappa shape index (κ1) is 22.5. The molecule has 1 amide bonds. The van der Waals surface area contributed by atoms with Crippen LogP contribution in [0.25, 0.3) is 0 Å². The van der Waals surface area contributed by atoms with Gasteiger partial charge in [0.2, 0.25) is 0 Å². The number of amides is 1. The summed E-state index contributed by atoms with van der Waals surface area (Å²) in [6, 6.07) is 10.8. The highest BCUT2D eigenvalue weighted by molar-refractivity contribution is 5.94. The summed E-state index contributed by atoms with van der Waals surface area (Å²) in [4.78, 5) is 16.6. The first-order valence-corrected chi connectivity index (χ1v) is 10.4. The van der Waals surface area contributed by atoms with Crippen molar-refractivity contribution in [3.05, 3.63) is 65.2 Å². The second kappa shape index (κ2) is 8.01. The Hall–Kier alpha value is -2.71. The van der Waals surface area contributed by atoms with E-state index in [1.807, 2.05) is 30.3 Å². The number of nitrogens with zero attached hydrogens (tertiary/aromatic N) is 2. The Morgan fingerprint density at radius 3 is 2.03 bits per heavy atom. The summed E-state index contributed by atoms with van der Waals surface area (Å²) in [5, 5.41) is 0. The Balaban J connectivity index is 1.57. The standard InChI is InChI=1S/C23H22F6N2O/c24-22(25,26)17-11-16(12-18(13-17)23(27,28)29)20(32)31-9-4-7-21(15-31)8-10-30(14-21)19-5-2-1-3-6-19/h1-3,5-6,11-13H,4,7-10,14-15H2/t21-/m0/s1. The van der Waals surface area contributed by atoms with E-state index < -0.39 is 35.0 Å². The van der Waals surface area contributed by atoms with Crippen LogP contribution in [0.4, 0.5) is 32.0 Å². The van der Waals surface area contributed by atoms with Crippen LogP contribution < -0.4 is 4.90 Å². The quantitative estimate of drug-likeness (QED) is 0.529. The third kappa shape index (κ3) is 4.56. The minimum Gasteiger partial charge on any atom is -0.371 e. The number of alkyl halides is 6. The molecular weight excluding hydrogens is 434 g/mol. The van der Waals surface area contributed by atoms with Crippen LogP contribution in [0.15, 0.2) is 48.5 Å². The highest BCUT2D eigenvalue weighted by atomic mass is 19.4. The van der Waals surface area contributed by atoms with Crippen LogP contribution in [-0.2, 0) is 12.4 Å². The maximum absolute atomic E-state index is 13.2. The SMILES string of the molecule is O=C(c1cc(C(F)(F)F)cc(C(F)(F)F)c1)N1CCC[C@@]2(CCN(c3ccccc3)C2)C1. The number of piperidine rings is 1. The molecule has 2 aliphatic rings. The van der Waals surface area contributed by atoms with Gasteiger partial charge in [-0.05, 0) is 49.6 Å². The van der Waals surface area contributed by atoms with Gasteiger partial charge in [0.1, 0.15) is 0 Å². The molecule has 0 radical (unpaired) electrons. The summed E-state index contributed by atoms with van der Waals surface area (Å²) in [6.07, 6.45) is -7.65. The average Bonchev–Trinajstić information content (AvgIpc) is 3.15. The molecule has 2 aliphatic heterocycles. The molecule has 172 valence electrons. The zero-order chi connectivity index (χ0) is 23.1. The molecule has 0 bridgehead atoms. The Kier molecular flexibility index (Phi) is 5.63. The molecular formula is C23H22F6N2O. The predicted octanol–water partition coefficient (Wildman–Crippen LogP) is 5.86. The van der Waals surface area contributed by atoms with E-state index in [0.717, 1.165) is 25.1 Å². The number of benzene rings is 2. The highest BCUT2D eigenvalue weighted by Gasteiger charge is 2.43. The molecule has 2 aromatic rings. The lowest BCUT2D eigenvalue weighted by atomic mass is 9.79. The lowest BCUT2D eigenvalue weighted by Crippen LogP contribution is -2.47. The van der Waals surface area contributed by atoms with Crippen molar-refractivity contribution < 1.29 is 31.1 Å². The summed E-state index contributed by atoms with van der Waals surface area (Å²) < 4.78 is 79.1. The van der Waals surface area contributed by atoms with Gasteiger partial charge in [0.25, 0.3) is 5.91 Å². The average molecular weight is 456 g/mol. The zero-order valence-electron chi connectivity index (χ0n) is 17.1. The molecule has 1 spiro atoms. The van der Waals surface area contributed by atoms with Crippen LogP contribution in [-0.4, -0.2) is 37.0 Å². The molecule has 2 saturated heterocycles. The van der Waals surface area contributed by atoms with Crippen LogP contribution in [0.5, 0.6) is 0 Å². The van der Waals surface area contributed by atoms with Gasteiger partial charge in [0.05, 0.1) is 11.1 Å². The van der Waals surface area contributed by atoms with Crippen LogP contribution in [0.2, 0.25) is 0 Å². The predicted molar refractivity (Wildman–Crippen MR) is 107 cm³/mol. The molecule has 2 aromatic carbocycles. The third-order valence-electron chi connectivity index (χ3n) is 6.34. The van der Waals surface area contributed by atoms with Gasteiger partial charge >= 0.3 is 12.4 Å². The largest absolute Gasteiger partial charge is 0.416 e. The molecule has 32 heavy (non-hydrogen) atoms. The second-order valence-corrected chi connectivity index (χ2v) is 8.63. The molecule has 0 unspecified atom stereocenters. The number of rotatable bonds is 2. The van der Waals surface area contributed by atoms with Gasteiger partial charge in [0, 0.05) is 42.8 Å². The molecule has 1 atom stereocenters. The molecule has 3 nitrogen and oxygen atoms in total. The molecule has 0 saturated carbocycles. The molecule has 4 rings (SSSR count). The first-order chi connectivity index (χ1) is 15.0. The minimum atomic E-state index is -4.99. The monoisotopic (exact) mass is 456 g/mol. The second-order valence-electron chi connectivity index (χ2n) is 8.63. The number of anilines is 1. The summed E-state index contributed by atoms with van der Waals surface area (Å²) in [6.45, 7) is 2.10. The first-order valence-electron chi connectivity index (χ1n) is 10.4. The van der Waals surface area contributed by atoms with Gasteiger partial charge < -0.3 is 9.80 Å². The maximum atomic E-state index is 13.2. The number of halogens is 6. The van der Waals surface area contributed by atoms with Gasteiger partial charge in [-0.25, -0.2) is 0 Å². The van der Waals surface area contributed by atoms with Crippen LogP contribution in [0.3, 0.4) is 0 Å². The van der Waals surface area contributed by atoms with Crippen molar-refractivity contribution in [1.82, 2.24) is 4.90 Å². The van der Waals surface area contributed by atoms with Crippen molar-refractivity contribution in [2.24, 2.45) is 5.41 Å². The molecule has 2 fully saturated rings. The van der Waals surface area contributed by atoms with E-state index >= 15 is 0 Å². The van der Waals surface area contributed by atoms with Gasteiger partial charge in [-0.1, -0.05) is 18.2 Å². The lowest BCUT2D eigenvalue weighted by molar-refractivity contribution is -0.143. The molecule has 9 heteroatoms. The Labute approximate surface area is 181 Å². The van der Waals surface area contributed by atoms with Crippen molar-refractivity contribution in [3.8, 4) is 0 Å². The smallest absolute Gasteiger partial charge is 0.371 e. The topological polar surface area (TPSA) is 23.6 Å². The fraction of sp³-hybridized carbons (Fsp3) is 0.435. The van der Waals surface area contributed by atoms with Crippen LogP contribution in [0.1, 0.15) is 40.7 Å². The maximum Gasteiger partial charge on any atom is 0.416 e. The highest BCUT2D eigenvalue weighted by Crippen LogP contribution is 2.42. The van der Waals surface area contributed by atoms with Gasteiger partial charge in [-0.3, -0.25) is 4.79 Å². The summed E-state index contributed by atoms with van der Waals surface area (Å²) in [5.74, 6) is -0.793. The fourth-order valence-corrected chi connectivity index (χ4v) is 4.77. The van der Waals surface area contributed by atoms with E-state index in [4.69, 9.17) is 0 Å². The third-order valence-corrected chi connectivity index (χ3v) is 6.34. The summed E-state index contributed by atoms with van der Waals surface area (Å²) in [5.41, 5.74) is -2.70. The Morgan fingerprint density at radius 1 is 0.812 bits per heavy atom.